The summed E-state index contributed by atoms with van der Waals surface area (Å²) in [5, 5.41) is 19.2. The van der Waals surface area contributed by atoms with Crippen LogP contribution in [-0.2, 0) is 14.8 Å². The summed E-state index contributed by atoms with van der Waals surface area (Å²) < 4.78 is 37.2. The minimum absolute atomic E-state index is 0.426. The molecule has 0 aromatic heterocycles. The van der Waals surface area contributed by atoms with Crippen LogP contribution < -0.4 is 0 Å². The van der Waals surface area contributed by atoms with Crippen molar-refractivity contribution in [3.05, 3.63) is 34.1 Å². The Morgan fingerprint density at radius 1 is 1.53 bits per heavy atom. The van der Waals surface area contributed by atoms with Gasteiger partial charge in [-0.2, -0.15) is 4.31 Å². The lowest BCUT2D eigenvalue weighted by Gasteiger charge is -2.14. The van der Waals surface area contributed by atoms with Gasteiger partial charge in [-0.3, -0.25) is 14.9 Å². The van der Waals surface area contributed by atoms with Gasteiger partial charge in [0, 0.05) is 7.05 Å². The monoisotopic (exact) mass is 292 g/mol. The molecule has 1 rings (SSSR count). The van der Waals surface area contributed by atoms with Gasteiger partial charge in [0.2, 0.25) is 10.0 Å². The summed E-state index contributed by atoms with van der Waals surface area (Å²) in [6.07, 6.45) is 0. The quantitative estimate of drug-likeness (QED) is 0.621. The topological polar surface area (TPSA) is 118 Å². The fraction of sp³-hybridized carbons (Fsp3) is 0.222. The number of carboxylic acids is 1. The molecule has 0 fully saturated rings. The van der Waals surface area contributed by atoms with Crippen molar-refractivity contribution in [1.29, 1.82) is 0 Å². The van der Waals surface area contributed by atoms with E-state index in [0.717, 1.165) is 19.2 Å². The lowest BCUT2D eigenvalue weighted by atomic mass is 10.3. The molecule has 0 saturated carbocycles. The molecule has 0 amide bonds. The van der Waals surface area contributed by atoms with Crippen molar-refractivity contribution in [1.82, 2.24) is 4.31 Å². The average molecular weight is 292 g/mol. The second kappa shape index (κ2) is 5.28. The molecule has 0 aliphatic rings. The van der Waals surface area contributed by atoms with Crippen molar-refractivity contribution in [2.24, 2.45) is 0 Å². The van der Waals surface area contributed by atoms with E-state index in [-0.39, 0.29) is 0 Å². The molecule has 0 aliphatic heterocycles. The molecule has 10 heteroatoms. The zero-order chi connectivity index (χ0) is 14.8. The maximum absolute atomic E-state index is 12.9. The van der Waals surface area contributed by atoms with Crippen molar-refractivity contribution in [2.75, 3.05) is 13.6 Å². The van der Waals surface area contributed by atoms with Crippen molar-refractivity contribution < 1.29 is 27.6 Å². The van der Waals surface area contributed by atoms with Crippen molar-refractivity contribution in [3.63, 3.8) is 0 Å². The highest BCUT2D eigenvalue weighted by atomic mass is 32.2. The number of nitro benzene ring substituents is 1. The third-order valence-electron chi connectivity index (χ3n) is 2.16. The number of nitro groups is 1. The van der Waals surface area contributed by atoms with Crippen LogP contribution in [0.4, 0.5) is 10.1 Å². The highest BCUT2D eigenvalue weighted by molar-refractivity contribution is 7.89. The van der Waals surface area contributed by atoms with E-state index in [0.29, 0.717) is 10.4 Å². The molecule has 1 aromatic rings. The van der Waals surface area contributed by atoms with E-state index in [1.807, 2.05) is 0 Å². The molecule has 8 nitrogen and oxygen atoms in total. The van der Waals surface area contributed by atoms with Gasteiger partial charge >= 0.3 is 5.97 Å². The van der Waals surface area contributed by atoms with E-state index >= 15 is 0 Å². The summed E-state index contributed by atoms with van der Waals surface area (Å²) in [4.78, 5) is 19.4. The van der Waals surface area contributed by atoms with Gasteiger partial charge in [-0.25, -0.2) is 12.8 Å². The Morgan fingerprint density at radius 3 is 2.58 bits per heavy atom. The number of hydrogen-bond donors (Lipinski definition) is 1. The van der Waals surface area contributed by atoms with Gasteiger partial charge in [-0.1, -0.05) is 0 Å². The van der Waals surface area contributed by atoms with Crippen LogP contribution in [0.2, 0.25) is 0 Å². The number of hydrogen-bond acceptors (Lipinski definition) is 5. The highest BCUT2D eigenvalue weighted by Gasteiger charge is 2.30. The number of nitrogens with zero attached hydrogens (tertiary/aromatic N) is 2. The van der Waals surface area contributed by atoms with Gasteiger partial charge in [0.15, 0.2) is 4.90 Å². The predicted molar refractivity (Wildman–Crippen MR) is 60.5 cm³/mol. The van der Waals surface area contributed by atoms with Crippen molar-refractivity contribution >= 4 is 21.7 Å². The number of rotatable bonds is 5. The van der Waals surface area contributed by atoms with E-state index in [2.05, 4.69) is 0 Å². The van der Waals surface area contributed by atoms with Gasteiger partial charge in [0.05, 0.1) is 11.0 Å². The maximum atomic E-state index is 12.9. The normalized spacial score (nSPS) is 11.5. The SMILES string of the molecule is CN(CC(=O)O)S(=O)(=O)c1ccc(F)cc1[N+](=O)[O-]. The third-order valence-corrected chi connectivity index (χ3v) is 4.01. The van der Waals surface area contributed by atoms with Crippen LogP contribution in [0.1, 0.15) is 0 Å². The third kappa shape index (κ3) is 3.23. The molecule has 0 atom stereocenters. The second-order valence-corrected chi connectivity index (χ2v) is 5.54. The van der Waals surface area contributed by atoms with Crippen LogP contribution in [0.5, 0.6) is 0 Å². The first-order valence-electron chi connectivity index (χ1n) is 4.78. The molecule has 0 heterocycles. The lowest BCUT2D eigenvalue weighted by molar-refractivity contribution is -0.388. The Bertz CT molecular complexity index is 630. The largest absolute Gasteiger partial charge is 0.480 e. The smallest absolute Gasteiger partial charge is 0.318 e. The summed E-state index contributed by atoms with van der Waals surface area (Å²) in [5.74, 6) is -2.39. The minimum atomic E-state index is -4.38. The number of benzene rings is 1. The number of carboxylic acid groups (broad SMARTS) is 1. The molecule has 104 valence electrons. The number of carbonyl (C=O) groups is 1. The molecule has 0 spiro atoms. The molecule has 1 aromatic carbocycles. The van der Waals surface area contributed by atoms with Crippen LogP contribution in [-0.4, -0.2) is 42.3 Å². The first kappa shape index (κ1) is 15.0. The zero-order valence-electron chi connectivity index (χ0n) is 9.61. The summed E-state index contributed by atoms with van der Waals surface area (Å²) in [5.41, 5.74) is -0.947. The van der Waals surface area contributed by atoms with E-state index in [1.165, 1.54) is 0 Å². The fourth-order valence-electron chi connectivity index (χ4n) is 1.29. The minimum Gasteiger partial charge on any atom is -0.480 e. The Kier molecular flexibility index (Phi) is 4.17. The van der Waals surface area contributed by atoms with Crippen LogP contribution in [0.25, 0.3) is 0 Å². The maximum Gasteiger partial charge on any atom is 0.318 e. The number of aliphatic carboxylic acids is 1. The molecule has 0 aliphatic carbocycles. The Hall–Kier alpha value is -2.07. The van der Waals surface area contributed by atoms with Gasteiger partial charge in [-0.05, 0) is 12.1 Å². The molecule has 0 radical (unpaired) electrons. The number of sulfonamides is 1. The molecule has 0 bridgehead atoms. The van der Waals surface area contributed by atoms with Gasteiger partial charge in [0.25, 0.3) is 5.69 Å². The standard InChI is InChI=1S/C9H9FN2O6S/c1-11(5-9(13)14)19(17,18)8-3-2-6(10)4-7(8)12(15)16/h2-4H,5H2,1H3,(H,13,14). The Morgan fingerprint density at radius 2 is 2.11 bits per heavy atom. The zero-order valence-corrected chi connectivity index (χ0v) is 10.4. The predicted octanol–water partition coefficient (Wildman–Crippen LogP) is 0.439. The first-order chi connectivity index (χ1) is 8.66. The highest BCUT2D eigenvalue weighted by Crippen LogP contribution is 2.26. The van der Waals surface area contributed by atoms with Crippen LogP contribution >= 0.6 is 0 Å². The summed E-state index contributed by atoms with van der Waals surface area (Å²) in [6, 6.07) is 1.93. The van der Waals surface area contributed by atoms with Gasteiger partial charge in [0.1, 0.15) is 12.4 Å². The van der Waals surface area contributed by atoms with E-state index in [4.69, 9.17) is 5.11 Å². The van der Waals surface area contributed by atoms with Crippen molar-refractivity contribution in [2.45, 2.75) is 4.90 Å². The molecule has 19 heavy (non-hydrogen) atoms. The van der Waals surface area contributed by atoms with Crippen LogP contribution in [0.15, 0.2) is 23.1 Å². The van der Waals surface area contributed by atoms with E-state index in [1.54, 1.807) is 0 Å². The molecular formula is C9H9FN2O6S. The number of halogens is 1. The molecule has 0 saturated heterocycles. The van der Waals surface area contributed by atoms with Crippen LogP contribution in [0.3, 0.4) is 0 Å². The number of likely N-dealkylation sites (N-methyl/N-ethyl adjacent to an activating group) is 1. The second-order valence-electron chi connectivity index (χ2n) is 3.52. The molecular weight excluding hydrogens is 283 g/mol. The molecule has 1 N–H and O–H groups in total. The van der Waals surface area contributed by atoms with E-state index in [9.17, 15) is 27.7 Å². The Balaban J connectivity index is 3.36. The molecule has 0 unspecified atom stereocenters. The fourth-order valence-corrected chi connectivity index (χ4v) is 2.55. The lowest BCUT2D eigenvalue weighted by Crippen LogP contribution is -2.32. The summed E-state index contributed by atoms with van der Waals surface area (Å²) >= 11 is 0. The summed E-state index contributed by atoms with van der Waals surface area (Å²) in [7, 11) is -3.43. The van der Waals surface area contributed by atoms with Gasteiger partial charge < -0.3 is 5.11 Å². The van der Waals surface area contributed by atoms with E-state index < -0.39 is 43.9 Å². The average Bonchev–Trinajstić information content (AvgIpc) is 2.27. The first-order valence-corrected chi connectivity index (χ1v) is 6.22. The van der Waals surface area contributed by atoms with Crippen molar-refractivity contribution in [3.8, 4) is 0 Å². The van der Waals surface area contributed by atoms with Crippen LogP contribution in [0, 0.1) is 15.9 Å². The Labute approximate surface area is 107 Å². The van der Waals surface area contributed by atoms with Gasteiger partial charge in [-0.15, -0.1) is 0 Å². The summed E-state index contributed by atoms with van der Waals surface area (Å²) in [6.45, 7) is -0.864.